The Balaban J connectivity index is 0.000000213. The molecule has 0 fully saturated rings. The Hall–Kier alpha value is -0.830. The van der Waals surface area contributed by atoms with E-state index in [0.717, 1.165) is 19.6 Å². The van der Waals surface area contributed by atoms with Crippen LogP contribution in [0.25, 0.3) is 0 Å². The van der Waals surface area contributed by atoms with Crippen LogP contribution in [0.4, 0.5) is 0 Å². The summed E-state index contributed by atoms with van der Waals surface area (Å²) in [5.41, 5.74) is 0. The van der Waals surface area contributed by atoms with Gasteiger partial charge in [-0.15, -0.1) is 0 Å². The van der Waals surface area contributed by atoms with E-state index in [0.29, 0.717) is 0 Å². The van der Waals surface area contributed by atoms with E-state index in [1.165, 1.54) is 18.7 Å². The van der Waals surface area contributed by atoms with Crippen molar-refractivity contribution in [2.75, 3.05) is 13.6 Å². The predicted molar refractivity (Wildman–Crippen MR) is 59.1 cm³/mol. The lowest BCUT2D eigenvalue weighted by Crippen LogP contribution is -2.30. The first-order chi connectivity index (χ1) is 6.77. The van der Waals surface area contributed by atoms with E-state index in [2.05, 4.69) is 35.3 Å². The Kier molecular flexibility index (Phi) is 4.66. The maximum absolute atomic E-state index is 4.23. The van der Waals surface area contributed by atoms with E-state index in [-0.39, 0.29) is 0 Å². The van der Waals surface area contributed by atoms with Crippen molar-refractivity contribution < 1.29 is 0 Å². The van der Waals surface area contributed by atoms with Gasteiger partial charge in [-0.3, -0.25) is 4.90 Å². The molecule has 2 rings (SSSR count). The molecule has 14 heavy (non-hydrogen) atoms. The van der Waals surface area contributed by atoms with Crippen LogP contribution in [0, 0.1) is 0 Å². The largest absolute Gasteiger partial charge is 0.333 e. The standard InChI is InChI=1S/C7H11N3.C4H10/c1-9-4-5-10-3-2-8-7(10)6-9;1-3-4-2/h2-3H,4-6H2,1H3;3-4H2,1-2H3. The molecule has 80 valence electrons. The van der Waals surface area contributed by atoms with Crippen molar-refractivity contribution in [1.82, 2.24) is 14.5 Å². The average molecular weight is 195 g/mol. The molecule has 3 heteroatoms. The lowest BCUT2D eigenvalue weighted by molar-refractivity contribution is 0.264. The summed E-state index contributed by atoms with van der Waals surface area (Å²) in [6, 6.07) is 0. The summed E-state index contributed by atoms with van der Waals surface area (Å²) >= 11 is 0. The predicted octanol–water partition coefficient (Wildman–Crippen LogP) is 2.13. The fraction of sp³-hybridized carbons (Fsp3) is 0.727. The van der Waals surface area contributed by atoms with Gasteiger partial charge in [0.15, 0.2) is 0 Å². The van der Waals surface area contributed by atoms with Crippen LogP contribution < -0.4 is 0 Å². The third-order valence-corrected chi connectivity index (χ3v) is 2.44. The number of rotatable bonds is 1. The fourth-order valence-corrected chi connectivity index (χ4v) is 1.29. The minimum atomic E-state index is 0.993. The smallest absolute Gasteiger partial charge is 0.122 e. The first-order valence-corrected chi connectivity index (χ1v) is 5.46. The van der Waals surface area contributed by atoms with Gasteiger partial charge in [-0.25, -0.2) is 4.98 Å². The second-order valence-electron chi connectivity index (χ2n) is 3.77. The molecule has 0 bridgehead atoms. The van der Waals surface area contributed by atoms with Crippen molar-refractivity contribution in [2.24, 2.45) is 0 Å². The van der Waals surface area contributed by atoms with E-state index < -0.39 is 0 Å². The number of imidazole rings is 1. The topological polar surface area (TPSA) is 21.1 Å². The third-order valence-electron chi connectivity index (χ3n) is 2.44. The second kappa shape index (κ2) is 5.81. The van der Waals surface area contributed by atoms with Crippen LogP contribution in [0.3, 0.4) is 0 Å². The number of likely N-dealkylation sites (N-methyl/N-ethyl adjacent to an activating group) is 1. The van der Waals surface area contributed by atoms with E-state index >= 15 is 0 Å². The lowest BCUT2D eigenvalue weighted by Gasteiger charge is -2.22. The summed E-state index contributed by atoms with van der Waals surface area (Å²) in [4.78, 5) is 6.51. The van der Waals surface area contributed by atoms with Crippen molar-refractivity contribution in [2.45, 2.75) is 39.8 Å². The van der Waals surface area contributed by atoms with Crippen LogP contribution in [0.15, 0.2) is 12.4 Å². The molecule has 2 heterocycles. The molecule has 1 aliphatic heterocycles. The van der Waals surface area contributed by atoms with Crippen LogP contribution in [0.1, 0.15) is 32.5 Å². The molecule has 1 aromatic heterocycles. The molecule has 0 saturated heterocycles. The van der Waals surface area contributed by atoms with E-state index in [4.69, 9.17) is 0 Å². The van der Waals surface area contributed by atoms with Gasteiger partial charge in [0, 0.05) is 25.5 Å². The Morgan fingerprint density at radius 1 is 1.29 bits per heavy atom. The maximum Gasteiger partial charge on any atom is 0.122 e. The highest BCUT2D eigenvalue weighted by Crippen LogP contribution is 2.06. The number of hydrogen-bond acceptors (Lipinski definition) is 2. The fourth-order valence-electron chi connectivity index (χ4n) is 1.29. The summed E-state index contributed by atoms with van der Waals surface area (Å²) < 4.78 is 2.21. The second-order valence-corrected chi connectivity index (χ2v) is 3.77. The van der Waals surface area contributed by atoms with Gasteiger partial charge in [-0.05, 0) is 7.05 Å². The molecule has 0 aliphatic carbocycles. The van der Waals surface area contributed by atoms with E-state index in [1.54, 1.807) is 0 Å². The van der Waals surface area contributed by atoms with Gasteiger partial charge >= 0.3 is 0 Å². The Labute approximate surface area is 86.7 Å². The van der Waals surface area contributed by atoms with Crippen LogP contribution in [-0.2, 0) is 13.1 Å². The molecule has 0 N–H and O–H groups in total. The zero-order valence-electron chi connectivity index (χ0n) is 9.53. The Morgan fingerprint density at radius 2 is 2.00 bits per heavy atom. The van der Waals surface area contributed by atoms with Crippen molar-refractivity contribution in [3.63, 3.8) is 0 Å². The summed E-state index contributed by atoms with van der Waals surface area (Å²) in [6.45, 7) is 7.59. The van der Waals surface area contributed by atoms with Gasteiger partial charge in [-0.1, -0.05) is 26.7 Å². The Morgan fingerprint density at radius 3 is 2.64 bits per heavy atom. The molecule has 3 nitrogen and oxygen atoms in total. The normalized spacial score (nSPS) is 15.6. The molecular formula is C11H21N3. The third kappa shape index (κ3) is 3.14. The summed E-state index contributed by atoms with van der Waals surface area (Å²) in [7, 11) is 2.12. The summed E-state index contributed by atoms with van der Waals surface area (Å²) in [6.07, 6.45) is 6.55. The van der Waals surface area contributed by atoms with Gasteiger partial charge in [0.05, 0.1) is 6.54 Å². The first-order valence-electron chi connectivity index (χ1n) is 5.46. The van der Waals surface area contributed by atoms with Crippen LogP contribution >= 0.6 is 0 Å². The zero-order valence-corrected chi connectivity index (χ0v) is 9.53. The highest BCUT2D eigenvalue weighted by Gasteiger charge is 2.11. The molecule has 1 aliphatic rings. The van der Waals surface area contributed by atoms with Crippen molar-refractivity contribution in [3.8, 4) is 0 Å². The van der Waals surface area contributed by atoms with E-state index in [1.807, 2.05) is 12.4 Å². The number of aromatic nitrogens is 2. The van der Waals surface area contributed by atoms with Crippen LogP contribution in [-0.4, -0.2) is 28.0 Å². The highest BCUT2D eigenvalue weighted by molar-refractivity contribution is 4.94. The van der Waals surface area contributed by atoms with Gasteiger partial charge < -0.3 is 4.57 Å². The van der Waals surface area contributed by atoms with Gasteiger partial charge in [0.1, 0.15) is 5.82 Å². The van der Waals surface area contributed by atoms with Gasteiger partial charge in [0.25, 0.3) is 0 Å². The molecule has 0 atom stereocenters. The van der Waals surface area contributed by atoms with Crippen LogP contribution in [0.2, 0.25) is 0 Å². The molecule has 0 radical (unpaired) electrons. The lowest BCUT2D eigenvalue weighted by atomic mass is 10.4. The average Bonchev–Trinajstić information content (AvgIpc) is 2.65. The SMILES string of the molecule is CCCC.CN1CCn2ccnc2C1. The molecule has 0 amide bonds. The highest BCUT2D eigenvalue weighted by atomic mass is 15.2. The number of hydrogen-bond donors (Lipinski definition) is 0. The van der Waals surface area contributed by atoms with Crippen LogP contribution in [0.5, 0.6) is 0 Å². The minimum absolute atomic E-state index is 0.993. The Bertz CT molecular complexity index is 253. The quantitative estimate of drug-likeness (QED) is 0.684. The molecular weight excluding hydrogens is 174 g/mol. The summed E-state index contributed by atoms with van der Waals surface area (Å²) in [5, 5.41) is 0. The molecule has 0 saturated carbocycles. The molecule has 1 aromatic rings. The monoisotopic (exact) mass is 195 g/mol. The number of nitrogens with zero attached hydrogens (tertiary/aromatic N) is 3. The molecule has 0 unspecified atom stereocenters. The summed E-state index contributed by atoms with van der Waals surface area (Å²) in [5.74, 6) is 1.19. The van der Waals surface area contributed by atoms with E-state index in [9.17, 15) is 0 Å². The molecule has 0 spiro atoms. The maximum atomic E-state index is 4.23. The number of fused-ring (bicyclic) bond motifs is 1. The molecule has 0 aromatic carbocycles. The minimum Gasteiger partial charge on any atom is -0.333 e. The van der Waals surface area contributed by atoms with Gasteiger partial charge in [0.2, 0.25) is 0 Å². The van der Waals surface area contributed by atoms with Crippen molar-refractivity contribution >= 4 is 0 Å². The van der Waals surface area contributed by atoms with Crippen molar-refractivity contribution in [3.05, 3.63) is 18.2 Å². The zero-order chi connectivity index (χ0) is 10.4. The first kappa shape index (κ1) is 11.2. The van der Waals surface area contributed by atoms with Gasteiger partial charge in [-0.2, -0.15) is 0 Å². The van der Waals surface area contributed by atoms with Crippen molar-refractivity contribution in [1.29, 1.82) is 0 Å². The number of unbranched alkanes of at least 4 members (excludes halogenated alkanes) is 1.